The van der Waals surface area contributed by atoms with Gasteiger partial charge in [0.1, 0.15) is 5.75 Å². The van der Waals surface area contributed by atoms with Crippen LogP contribution >= 0.6 is 0 Å². The number of anilines is 2. The minimum absolute atomic E-state index is 0.0199. The highest BCUT2D eigenvalue weighted by molar-refractivity contribution is 6.10. The van der Waals surface area contributed by atoms with Crippen LogP contribution in [0.1, 0.15) is 56.6 Å². The van der Waals surface area contributed by atoms with Gasteiger partial charge < -0.3 is 29.7 Å². The van der Waals surface area contributed by atoms with Gasteiger partial charge in [0.05, 0.1) is 27.0 Å². The van der Waals surface area contributed by atoms with Gasteiger partial charge in [-0.05, 0) is 80.6 Å². The predicted molar refractivity (Wildman–Crippen MR) is 174 cm³/mol. The van der Waals surface area contributed by atoms with Gasteiger partial charge in [-0.25, -0.2) is 0 Å². The summed E-state index contributed by atoms with van der Waals surface area (Å²) in [6.45, 7) is 7.94. The second-order valence-electron chi connectivity index (χ2n) is 11.0. The Kier molecular flexibility index (Phi) is 9.28. The number of para-hydroxylation sites is 2. The Bertz CT molecular complexity index is 1600. The average Bonchev–Trinajstić information content (AvgIpc) is 3.04. The number of allylic oxidation sites excluding steroid dienone is 3. The quantitative estimate of drug-likeness (QED) is 0.274. The zero-order valence-corrected chi connectivity index (χ0v) is 26.3. The second kappa shape index (κ2) is 13.3. The summed E-state index contributed by atoms with van der Waals surface area (Å²) in [5, 5.41) is 6.52. The first kappa shape index (κ1) is 30.7. The molecule has 2 unspecified atom stereocenters. The number of ketones is 1. The summed E-state index contributed by atoms with van der Waals surface area (Å²) in [6, 6.07) is 21.4. The first-order valence-corrected chi connectivity index (χ1v) is 15.1. The number of hydrogen-bond donors (Lipinski definition) is 2. The van der Waals surface area contributed by atoms with Gasteiger partial charge in [-0.2, -0.15) is 0 Å². The van der Waals surface area contributed by atoms with E-state index in [1.807, 2.05) is 49.4 Å². The average molecular weight is 596 g/mol. The molecule has 0 spiro atoms. The molecule has 2 N–H and O–H groups in total. The lowest BCUT2D eigenvalue weighted by molar-refractivity contribution is -0.116. The molecule has 0 saturated heterocycles. The molecule has 1 aliphatic carbocycles. The molecule has 0 radical (unpaired) electrons. The third kappa shape index (κ3) is 5.89. The van der Waals surface area contributed by atoms with Crippen molar-refractivity contribution in [2.24, 2.45) is 0 Å². The van der Waals surface area contributed by atoms with Crippen molar-refractivity contribution in [2.75, 3.05) is 44.6 Å². The summed E-state index contributed by atoms with van der Waals surface area (Å²) in [5.74, 6) is 1.01. The zero-order chi connectivity index (χ0) is 31.4. The van der Waals surface area contributed by atoms with Gasteiger partial charge in [-0.3, -0.25) is 9.59 Å². The Morgan fingerprint density at radius 3 is 2.18 bits per heavy atom. The minimum atomic E-state index is -0.523. The maximum atomic E-state index is 14.1. The number of nitrogens with one attached hydrogen (secondary N) is 2. The summed E-state index contributed by atoms with van der Waals surface area (Å²) >= 11 is 0. The first-order chi connectivity index (χ1) is 21.3. The largest absolute Gasteiger partial charge is 0.495 e. The van der Waals surface area contributed by atoms with E-state index in [0.29, 0.717) is 46.9 Å². The Labute approximate surface area is 259 Å². The first-order valence-electron chi connectivity index (χ1n) is 15.1. The normalized spacial score (nSPS) is 17.9. The molecule has 3 aromatic rings. The summed E-state index contributed by atoms with van der Waals surface area (Å²) in [6.07, 6.45) is 0.952. The van der Waals surface area contributed by atoms with E-state index in [-0.39, 0.29) is 17.6 Å². The molecule has 1 heterocycles. The molecule has 0 aromatic heterocycles. The highest BCUT2D eigenvalue weighted by Gasteiger charge is 2.41. The van der Waals surface area contributed by atoms with Gasteiger partial charge in [-0.1, -0.05) is 30.3 Å². The van der Waals surface area contributed by atoms with Crippen LogP contribution in [0.25, 0.3) is 0 Å². The summed E-state index contributed by atoms with van der Waals surface area (Å²) in [4.78, 5) is 30.5. The third-order valence-electron chi connectivity index (χ3n) is 8.66. The summed E-state index contributed by atoms with van der Waals surface area (Å²) < 4.78 is 16.4. The Morgan fingerprint density at radius 2 is 1.52 bits per heavy atom. The number of carbonyl (C=O) groups excluding carboxylic acids is 2. The van der Waals surface area contributed by atoms with Crippen molar-refractivity contribution in [3.63, 3.8) is 0 Å². The van der Waals surface area contributed by atoms with E-state index in [1.165, 1.54) is 0 Å². The van der Waals surface area contributed by atoms with E-state index in [1.54, 1.807) is 33.5 Å². The van der Waals surface area contributed by atoms with Crippen LogP contribution in [0.2, 0.25) is 0 Å². The number of ether oxygens (including phenoxy) is 3. The maximum Gasteiger partial charge on any atom is 0.254 e. The van der Waals surface area contributed by atoms with Crippen LogP contribution in [0.5, 0.6) is 17.2 Å². The number of rotatable bonds is 10. The van der Waals surface area contributed by atoms with E-state index in [0.717, 1.165) is 41.3 Å². The van der Waals surface area contributed by atoms with Crippen molar-refractivity contribution in [1.82, 2.24) is 5.32 Å². The fourth-order valence-electron chi connectivity index (χ4n) is 6.42. The third-order valence-corrected chi connectivity index (χ3v) is 8.66. The second-order valence-corrected chi connectivity index (χ2v) is 11.0. The van der Waals surface area contributed by atoms with Gasteiger partial charge in [0.25, 0.3) is 5.91 Å². The van der Waals surface area contributed by atoms with Crippen LogP contribution in [0, 0.1) is 0 Å². The standard InChI is InChI=1S/C36H41N3O5/c1-7-39(8-2)26-16-13-23(14-17-26)34-33(36(41)38-27-11-9-10-12-30(27)42-4)22(3)37-28-19-25(20-29(40)35(28)34)24-15-18-31(43-5)32(21-24)44-6/h9-18,21,25,34,37H,7-8,19-20H2,1-6H3,(H,38,41). The Hall–Kier alpha value is -4.72. The van der Waals surface area contributed by atoms with Crippen molar-refractivity contribution in [2.45, 2.75) is 45.4 Å². The molecule has 8 heteroatoms. The fraction of sp³-hybridized carbons (Fsp3) is 0.333. The molecular weight excluding hydrogens is 554 g/mol. The monoisotopic (exact) mass is 595 g/mol. The lowest BCUT2D eigenvalue weighted by atomic mass is 9.71. The Balaban J connectivity index is 1.56. The molecule has 1 aliphatic heterocycles. The van der Waals surface area contributed by atoms with Gasteiger partial charge >= 0.3 is 0 Å². The van der Waals surface area contributed by atoms with E-state index in [4.69, 9.17) is 14.2 Å². The molecule has 2 atom stereocenters. The molecule has 0 bridgehead atoms. The van der Waals surface area contributed by atoms with Crippen LogP contribution in [0.3, 0.4) is 0 Å². The molecule has 2 aliphatic rings. The van der Waals surface area contributed by atoms with Crippen LogP contribution < -0.4 is 29.7 Å². The number of methoxy groups -OCH3 is 3. The zero-order valence-electron chi connectivity index (χ0n) is 26.3. The van der Waals surface area contributed by atoms with Gasteiger partial charge in [0.15, 0.2) is 17.3 Å². The highest BCUT2D eigenvalue weighted by atomic mass is 16.5. The Morgan fingerprint density at radius 1 is 0.864 bits per heavy atom. The number of amides is 1. The molecule has 0 fully saturated rings. The van der Waals surface area contributed by atoms with E-state index in [9.17, 15) is 9.59 Å². The van der Waals surface area contributed by atoms with Crippen LogP contribution in [0.15, 0.2) is 89.3 Å². The molecule has 3 aromatic carbocycles. The van der Waals surface area contributed by atoms with E-state index < -0.39 is 5.92 Å². The van der Waals surface area contributed by atoms with Crippen molar-refractivity contribution in [1.29, 1.82) is 0 Å². The topological polar surface area (TPSA) is 89.1 Å². The number of Topliss-reactive ketones (excluding diaryl/α,β-unsaturated/α-hetero) is 1. The van der Waals surface area contributed by atoms with Gasteiger partial charge in [0, 0.05) is 53.7 Å². The predicted octanol–water partition coefficient (Wildman–Crippen LogP) is 6.56. The molecule has 44 heavy (non-hydrogen) atoms. The van der Waals surface area contributed by atoms with Crippen LogP contribution in [0.4, 0.5) is 11.4 Å². The van der Waals surface area contributed by atoms with Crippen molar-refractivity contribution >= 4 is 23.1 Å². The molecule has 5 rings (SSSR count). The van der Waals surface area contributed by atoms with Crippen LogP contribution in [-0.4, -0.2) is 46.1 Å². The van der Waals surface area contributed by atoms with Crippen molar-refractivity contribution in [3.8, 4) is 17.2 Å². The number of benzene rings is 3. The lowest BCUT2D eigenvalue weighted by Gasteiger charge is -2.37. The smallest absolute Gasteiger partial charge is 0.254 e. The van der Waals surface area contributed by atoms with E-state index >= 15 is 0 Å². The molecule has 8 nitrogen and oxygen atoms in total. The van der Waals surface area contributed by atoms with Crippen molar-refractivity contribution < 1.29 is 23.8 Å². The van der Waals surface area contributed by atoms with E-state index in [2.05, 4.69) is 41.5 Å². The number of carbonyl (C=O) groups is 2. The molecule has 230 valence electrons. The fourth-order valence-corrected chi connectivity index (χ4v) is 6.42. The van der Waals surface area contributed by atoms with Crippen molar-refractivity contribution in [3.05, 3.63) is 100 Å². The summed E-state index contributed by atoms with van der Waals surface area (Å²) in [7, 11) is 4.79. The lowest BCUT2D eigenvalue weighted by Crippen LogP contribution is -2.37. The summed E-state index contributed by atoms with van der Waals surface area (Å²) in [5.41, 5.74) is 6.31. The molecule has 0 saturated carbocycles. The molecular formula is C36H41N3O5. The maximum absolute atomic E-state index is 14.1. The SMILES string of the molecule is CCN(CC)c1ccc(C2C(C(=O)Nc3ccccc3OC)=C(C)NC3=C2C(=O)CC(c2ccc(OC)c(OC)c2)C3)cc1. The van der Waals surface area contributed by atoms with Gasteiger partial charge in [0.2, 0.25) is 0 Å². The number of hydrogen-bond acceptors (Lipinski definition) is 7. The highest BCUT2D eigenvalue weighted by Crippen LogP contribution is 2.47. The van der Waals surface area contributed by atoms with Crippen LogP contribution in [-0.2, 0) is 9.59 Å². The number of dihydropyridines is 1. The minimum Gasteiger partial charge on any atom is -0.495 e. The number of nitrogens with zero attached hydrogens (tertiary/aromatic N) is 1. The van der Waals surface area contributed by atoms with Gasteiger partial charge in [-0.15, -0.1) is 0 Å². The molecule has 1 amide bonds.